The van der Waals surface area contributed by atoms with Crippen molar-refractivity contribution in [2.75, 3.05) is 11.9 Å². The highest BCUT2D eigenvalue weighted by Crippen LogP contribution is 2.34. The lowest BCUT2D eigenvalue weighted by atomic mass is 10.1. The number of hydrogen-bond donors (Lipinski definition) is 3. The van der Waals surface area contributed by atoms with Gasteiger partial charge in [0.2, 0.25) is 5.78 Å². The van der Waals surface area contributed by atoms with Crippen molar-refractivity contribution in [3.63, 3.8) is 0 Å². The van der Waals surface area contributed by atoms with Gasteiger partial charge in [-0.3, -0.25) is 8.98 Å². The summed E-state index contributed by atoms with van der Waals surface area (Å²) in [5, 5.41) is 21.4. The molecular formula is C21H19F5N6O5S. The zero-order valence-corrected chi connectivity index (χ0v) is 19.9. The van der Waals surface area contributed by atoms with Crippen molar-refractivity contribution in [3.8, 4) is 0 Å². The molecule has 1 saturated carbocycles. The first-order chi connectivity index (χ1) is 17.8. The van der Waals surface area contributed by atoms with Crippen LogP contribution in [0.1, 0.15) is 34.5 Å². The van der Waals surface area contributed by atoms with Crippen molar-refractivity contribution < 1.29 is 44.5 Å². The molecule has 0 amide bonds. The number of nitrogens with two attached hydrogens (primary N) is 1. The highest BCUT2D eigenvalue weighted by Gasteiger charge is 2.40. The average molecular weight is 562 g/mol. The summed E-state index contributed by atoms with van der Waals surface area (Å²) >= 11 is 0. The molecule has 3 atom stereocenters. The summed E-state index contributed by atoms with van der Waals surface area (Å²) in [4.78, 5) is 20.8. The third-order valence-corrected chi connectivity index (χ3v) is 6.33. The minimum absolute atomic E-state index is 0.0248. The van der Waals surface area contributed by atoms with Crippen LogP contribution in [-0.2, 0) is 20.5 Å². The molecule has 0 bridgehead atoms. The number of benzene rings is 1. The van der Waals surface area contributed by atoms with E-state index in [1.165, 1.54) is 0 Å². The summed E-state index contributed by atoms with van der Waals surface area (Å²) in [6.07, 6.45) is 2.26. The first-order valence-corrected chi connectivity index (χ1v) is 12.3. The molecule has 0 aliphatic heterocycles. The Balaban J connectivity index is 1.53. The summed E-state index contributed by atoms with van der Waals surface area (Å²) in [6.45, 7) is -0.363. The standard InChI is InChI=1S/C21H19F5N6O5S/c22-14-2-1-13(17(23)18(14)24)21(25,26)32-4-3-15(31-32)19(34)12-7-28-9-29-20(12)30-11-5-10(16(33)6-11)8-37-38(27,35)36/h1-4,7,9-11,16,33H,5-6,8H2,(H2,27,35,36)(H,28,29,30)/t10-,11-,16+/m1/s1. The topological polar surface area (TPSA) is 162 Å². The largest absolute Gasteiger partial charge is 0.393 e. The van der Waals surface area contributed by atoms with E-state index >= 15 is 0 Å². The van der Waals surface area contributed by atoms with Gasteiger partial charge in [0.25, 0.3) is 0 Å². The molecule has 0 saturated heterocycles. The lowest BCUT2D eigenvalue weighted by Gasteiger charge is -2.18. The number of alkyl halides is 2. The highest BCUT2D eigenvalue weighted by atomic mass is 32.2. The Morgan fingerprint density at radius 2 is 1.95 bits per heavy atom. The second-order valence-electron chi connectivity index (χ2n) is 8.44. The van der Waals surface area contributed by atoms with Crippen LogP contribution in [-0.4, -0.2) is 57.8 Å². The smallest absolute Gasteiger partial charge is 0.373 e. The van der Waals surface area contributed by atoms with E-state index < -0.39 is 68.9 Å². The normalized spacial score (nSPS) is 20.0. The molecule has 17 heteroatoms. The summed E-state index contributed by atoms with van der Waals surface area (Å²) in [6, 6.07) is -3.16. The number of carbonyl (C=O) groups excluding carboxylic acids is 1. The first-order valence-electron chi connectivity index (χ1n) is 10.8. The van der Waals surface area contributed by atoms with Crippen LogP contribution >= 0.6 is 0 Å². The molecule has 1 aliphatic carbocycles. The third kappa shape index (κ3) is 5.64. The van der Waals surface area contributed by atoms with Gasteiger partial charge in [-0.05, 0) is 31.0 Å². The Labute approximate surface area is 211 Å². The van der Waals surface area contributed by atoms with E-state index in [1.807, 2.05) is 0 Å². The van der Waals surface area contributed by atoms with Gasteiger partial charge < -0.3 is 10.4 Å². The average Bonchev–Trinajstić information content (AvgIpc) is 3.48. The molecule has 2 heterocycles. The van der Waals surface area contributed by atoms with Gasteiger partial charge in [-0.25, -0.2) is 33.0 Å². The molecule has 0 unspecified atom stereocenters. The minimum atomic E-state index is -4.28. The molecular weight excluding hydrogens is 543 g/mol. The Bertz CT molecular complexity index is 1470. The highest BCUT2D eigenvalue weighted by molar-refractivity contribution is 7.84. The van der Waals surface area contributed by atoms with E-state index in [-0.39, 0.29) is 35.5 Å². The number of halogens is 5. The van der Waals surface area contributed by atoms with E-state index in [2.05, 4.69) is 24.6 Å². The van der Waals surface area contributed by atoms with E-state index in [9.17, 15) is 40.3 Å². The van der Waals surface area contributed by atoms with Gasteiger partial charge in [0.05, 0.1) is 23.8 Å². The van der Waals surface area contributed by atoms with E-state index in [4.69, 9.17) is 5.14 Å². The quantitative estimate of drug-likeness (QED) is 0.200. The van der Waals surface area contributed by atoms with Crippen molar-refractivity contribution in [2.24, 2.45) is 11.1 Å². The number of aromatic nitrogens is 4. The third-order valence-electron chi connectivity index (χ3n) is 5.87. The number of aliphatic hydroxyl groups is 1. The van der Waals surface area contributed by atoms with Crippen LogP contribution in [0.3, 0.4) is 0 Å². The van der Waals surface area contributed by atoms with Gasteiger partial charge in [-0.1, -0.05) is 0 Å². The lowest BCUT2D eigenvalue weighted by molar-refractivity contribution is -0.0520. The van der Waals surface area contributed by atoms with Gasteiger partial charge >= 0.3 is 16.4 Å². The van der Waals surface area contributed by atoms with Crippen molar-refractivity contribution in [1.82, 2.24) is 19.7 Å². The maximum Gasteiger partial charge on any atom is 0.373 e. The molecule has 4 rings (SSSR count). The van der Waals surface area contributed by atoms with Gasteiger partial charge in [0, 0.05) is 24.4 Å². The van der Waals surface area contributed by atoms with E-state index in [0.29, 0.717) is 18.3 Å². The number of anilines is 1. The molecule has 204 valence electrons. The first kappa shape index (κ1) is 27.5. The molecule has 2 aromatic heterocycles. The minimum Gasteiger partial charge on any atom is -0.393 e. The maximum absolute atomic E-state index is 14.8. The molecule has 1 fully saturated rings. The monoisotopic (exact) mass is 562 g/mol. The van der Waals surface area contributed by atoms with Crippen molar-refractivity contribution in [1.29, 1.82) is 0 Å². The van der Waals surface area contributed by atoms with Crippen LogP contribution in [0.25, 0.3) is 0 Å². The Kier molecular flexibility index (Phi) is 7.46. The van der Waals surface area contributed by atoms with Crippen LogP contribution in [0, 0.1) is 23.4 Å². The number of nitrogens with zero attached hydrogens (tertiary/aromatic N) is 4. The molecule has 0 spiro atoms. The number of carbonyl (C=O) groups is 1. The SMILES string of the molecule is NS(=O)(=O)OC[C@H]1C[C@@H](Nc2ncncc2C(=O)c2ccn(C(F)(F)c3ccc(F)c(F)c3F)n2)C[C@@H]1O. The summed E-state index contributed by atoms with van der Waals surface area (Å²) in [7, 11) is -4.21. The van der Waals surface area contributed by atoms with Crippen LogP contribution in [0.4, 0.5) is 27.8 Å². The number of aliphatic hydroxyl groups excluding tert-OH is 1. The van der Waals surface area contributed by atoms with Gasteiger partial charge in [0.15, 0.2) is 17.5 Å². The molecule has 3 aromatic rings. The fourth-order valence-corrected chi connectivity index (χ4v) is 4.37. The fraction of sp³-hybridized carbons (Fsp3) is 0.333. The lowest BCUT2D eigenvalue weighted by Crippen LogP contribution is -2.27. The second-order valence-corrected chi connectivity index (χ2v) is 9.66. The van der Waals surface area contributed by atoms with Gasteiger partial charge in [-0.2, -0.15) is 22.3 Å². The molecule has 1 aromatic carbocycles. The molecule has 0 radical (unpaired) electrons. The van der Waals surface area contributed by atoms with E-state index in [0.717, 1.165) is 18.6 Å². The van der Waals surface area contributed by atoms with Crippen molar-refractivity contribution in [2.45, 2.75) is 31.0 Å². The Morgan fingerprint density at radius 1 is 1.21 bits per heavy atom. The second kappa shape index (κ2) is 10.3. The number of rotatable bonds is 9. The van der Waals surface area contributed by atoms with Crippen LogP contribution in [0.15, 0.2) is 36.9 Å². The number of ketones is 1. The van der Waals surface area contributed by atoms with Crippen molar-refractivity contribution >= 4 is 21.9 Å². The van der Waals surface area contributed by atoms with Crippen LogP contribution in [0.2, 0.25) is 0 Å². The van der Waals surface area contributed by atoms with E-state index in [1.54, 1.807) is 0 Å². The number of hydrogen-bond acceptors (Lipinski definition) is 9. The summed E-state index contributed by atoms with van der Waals surface area (Å²) in [5.74, 6) is -7.36. The molecule has 38 heavy (non-hydrogen) atoms. The molecule has 4 N–H and O–H groups in total. The Morgan fingerprint density at radius 3 is 2.66 bits per heavy atom. The summed E-state index contributed by atoms with van der Waals surface area (Å²) < 4.78 is 96.8. The van der Waals surface area contributed by atoms with Crippen LogP contribution < -0.4 is 10.5 Å². The van der Waals surface area contributed by atoms with Gasteiger partial charge in [0.1, 0.15) is 17.8 Å². The predicted molar refractivity (Wildman–Crippen MR) is 119 cm³/mol. The van der Waals surface area contributed by atoms with Crippen molar-refractivity contribution in [3.05, 3.63) is 71.2 Å². The zero-order valence-electron chi connectivity index (χ0n) is 19.1. The molecule has 1 aliphatic rings. The maximum atomic E-state index is 14.8. The summed E-state index contributed by atoms with van der Waals surface area (Å²) in [5.41, 5.74) is -2.19. The van der Waals surface area contributed by atoms with Gasteiger partial charge in [-0.15, -0.1) is 0 Å². The Hall–Kier alpha value is -3.54. The van der Waals surface area contributed by atoms with Crippen LogP contribution in [0.5, 0.6) is 0 Å². The zero-order chi connectivity index (χ0) is 27.8. The number of nitrogens with one attached hydrogen (secondary N) is 1. The molecule has 11 nitrogen and oxygen atoms in total. The predicted octanol–water partition coefficient (Wildman–Crippen LogP) is 1.69. The fourth-order valence-electron chi connectivity index (χ4n) is 4.01.